The first kappa shape index (κ1) is 14.2. The number of aryl methyl sites for hydroxylation is 1. The lowest BCUT2D eigenvalue weighted by Gasteiger charge is -2.08. The Morgan fingerprint density at radius 3 is 2.85 bits per heavy atom. The average Bonchev–Trinajstić information content (AvgIpc) is 2.82. The number of halogens is 1. The Labute approximate surface area is 118 Å². The topological polar surface area (TPSA) is 77.3 Å². The van der Waals surface area contributed by atoms with Gasteiger partial charge in [0.15, 0.2) is 11.6 Å². The van der Waals surface area contributed by atoms with Crippen LogP contribution in [0.2, 0.25) is 0 Å². The summed E-state index contributed by atoms with van der Waals surface area (Å²) in [4.78, 5) is 15.1. The van der Waals surface area contributed by atoms with Crippen LogP contribution < -0.4 is 10.1 Å². The van der Waals surface area contributed by atoms with Gasteiger partial charge >= 0.3 is 5.69 Å². The van der Waals surface area contributed by atoms with Crippen molar-refractivity contribution in [2.45, 2.75) is 13.5 Å². The molecule has 0 atom stereocenters. The van der Waals surface area contributed by atoms with E-state index >= 15 is 0 Å². The number of hydrogen-bond donors (Lipinski definition) is 1. The number of anilines is 1. The number of ether oxygens (including phenoxy) is 1. The molecule has 0 aliphatic carbocycles. The van der Waals surface area contributed by atoms with Crippen molar-refractivity contribution in [3.63, 3.8) is 0 Å². The molecular weight excluding hydrogens is 285 g/mol. The van der Waals surface area contributed by atoms with Crippen molar-refractivity contribution >= 4 is 22.7 Å². The van der Waals surface area contributed by atoms with Crippen LogP contribution in [0.1, 0.15) is 9.88 Å². The molecule has 1 aromatic carbocycles. The number of nitro benzene ring substituents is 1. The number of nitro groups is 1. The standard InChI is InChI=1S/C12H12FN3O3S/c1-7-14-5-8(20-7)6-15-10-4-12(19-2)11(16(17)18)3-9(10)13/h3-5,15H,6H2,1-2H3. The summed E-state index contributed by atoms with van der Waals surface area (Å²) < 4.78 is 18.7. The quantitative estimate of drug-likeness (QED) is 0.677. The molecule has 0 saturated heterocycles. The molecule has 0 fully saturated rings. The smallest absolute Gasteiger partial charge is 0.313 e. The van der Waals surface area contributed by atoms with E-state index in [1.165, 1.54) is 24.5 Å². The third-order valence-electron chi connectivity index (χ3n) is 2.59. The Kier molecular flexibility index (Phi) is 4.14. The summed E-state index contributed by atoms with van der Waals surface area (Å²) in [5.41, 5.74) is -0.248. The second-order valence-corrected chi connectivity index (χ2v) is 5.28. The summed E-state index contributed by atoms with van der Waals surface area (Å²) in [6, 6.07) is 2.13. The van der Waals surface area contributed by atoms with Gasteiger partial charge < -0.3 is 10.1 Å². The molecule has 1 N–H and O–H groups in total. The molecular formula is C12H12FN3O3S. The monoisotopic (exact) mass is 297 g/mol. The minimum atomic E-state index is -0.696. The number of methoxy groups -OCH3 is 1. The van der Waals surface area contributed by atoms with Gasteiger partial charge in [-0.3, -0.25) is 10.1 Å². The summed E-state index contributed by atoms with van der Waals surface area (Å²) >= 11 is 1.50. The van der Waals surface area contributed by atoms with Crippen LogP contribution in [0, 0.1) is 22.9 Å². The lowest BCUT2D eigenvalue weighted by molar-refractivity contribution is -0.385. The summed E-state index contributed by atoms with van der Waals surface area (Å²) in [7, 11) is 1.30. The third-order valence-corrected chi connectivity index (χ3v) is 3.50. The van der Waals surface area contributed by atoms with Crippen molar-refractivity contribution in [1.82, 2.24) is 4.98 Å². The highest BCUT2D eigenvalue weighted by atomic mass is 32.1. The fourth-order valence-corrected chi connectivity index (χ4v) is 2.39. The van der Waals surface area contributed by atoms with Crippen molar-refractivity contribution in [2.75, 3.05) is 12.4 Å². The van der Waals surface area contributed by atoms with Gasteiger partial charge in [-0.25, -0.2) is 9.37 Å². The van der Waals surface area contributed by atoms with Gasteiger partial charge in [0.25, 0.3) is 0 Å². The molecule has 0 bridgehead atoms. The minimum absolute atomic E-state index is 0.0133. The van der Waals surface area contributed by atoms with Crippen LogP contribution in [-0.2, 0) is 6.54 Å². The van der Waals surface area contributed by atoms with Crippen molar-refractivity contribution in [3.8, 4) is 5.75 Å². The van der Waals surface area contributed by atoms with Crippen LogP contribution in [0.4, 0.5) is 15.8 Å². The molecule has 20 heavy (non-hydrogen) atoms. The fourth-order valence-electron chi connectivity index (χ4n) is 1.65. The molecule has 0 saturated carbocycles. The van der Waals surface area contributed by atoms with Gasteiger partial charge in [-0.05, 0) is 6.92 Å². The van der Waals surface area contributed by atoms with Crippen molar-refractivity contribution < 1.29 is 14.1 Å². The normalized spacial score (nSPS) is 10.3. The highest BCUT2D eigenvalue weighted by Gasteiger charge is 2.19. The molecule has 6 nitrogen and oxygen atoms in total. The predicted molar refractivity (Wildman–Crippen MR) is 73.8 cm³/mol. The van der Waals surface area contributed by atoms with Crippen LogP contribution in [0.5, 0.6) is 5.75 Å². The molecule has 0 radical (unpaired) electrons. The molecule has 2 rings (SSSR count). The Balaban J connectivity index is 2.21. The molecule has 0 aliphatic heterocycles. The summed E-state index contributed by atoms with van der Waals surface area (Å²) in [5, 5.41) is 14.6. The zero-order valence-electron chi connectivity index (χ0n) is 10.8. The first-order valence-corrected chi connectivity index (χ1v) is 6.50. The van der Waals surface area contributed by atoms with E-state index in [0.29, 0.717) is 6.54 Å². The van der Waals surface area contributed by atoms with Crippen molar-refractivity contribution in [2.24, 2.45) is 0 Å². The molecule has 0 aliphatic rings. The molecule has 1 aromatic heterocycles. The SMILES string of the molecule is COc1cc(NCc2cnc(C)s2)c(F)cc1[N+](=O)[O-]. The van der Waals surface area contributed by atoms with Crippen LogP contribution in [-0.4, -0.2) is 17.0 Å². The Morgan fingerprint density at radius 2 is 2.30 bits per heavy atom. The van der Waals surface area contributed by atoms with Gasteiger partial charge in [-0.2, -0.15) is 0 Å². The van der Waals surface area contributed by atoms with Crippen LogP contribution in [0.15, 0.2) is 18.3 Å². The van der Waals surface area contributed by atoms with E-state index in [1.54, 1.807) is 6.20 Å². The number of aromatic nitrogens is 1. The fraction of sp³-hybridized carbons (Fsp3) is 0.250. The second kappa shape index (κ2) is 5.83. The van der Waals surface area contributed by atoms with E-state index in [1.807, 2.05) is 6.92 Å². The molecule has 0 unspecified atom stereocenters. The molecule has 106 valence electrons. The number of nitrogens with one attached hydrogen (secondary N) is 1. The van der Waals surface area contributed by atoms with E-state index in [9.17, 15) is 14.5 Å². The van der Waals surface area contributed by atoms with Crippen molar-refractivity contribution in [1.29, 1.82) is 0 Å². The van der Waals surface area contributed by atoms with E-state index in [2.05, 4.69) is 10.3 Å². The van der Waals surface area contributed by atoms with Gasteiger partial charge in [-0.1, -0.05) is 0 Å². The average molecular weight is 297 g/mol. The Hall–Kier alpha value is -2.22. The maximum Gasteiger partial charge on any atom is 0.313 e. The van der Waals surface area contributed by atoms with E-state index < -0.39 is 16.4 Å². The highest BCUT2D eigenvalue weighted by Crippen LogP contribution is 2.32. The maximum atomic E-state index is 13.8. The van der Waals surface area contributed by atoms with Gasteiger partial charge in [-0.15, -0.1) is 11.3 Å². The first-order chi connectivity index (χ1) is 9.51. The largest absolute Gasteiger partial charge is 0.490 e. The third kappa shape index (κ3) is 3.02. The zero-order chi connectivity index (χ0) is 14.7. The summed E-state index contributed by atoms with van der Waals surface area (Å²) in [6.45, 7) is 2.27. The van der Waals surface area contributed by atoms with E-state index in [-0.39, 0.29) is 11.4 Å². The van der Waals surface area contributed by atoms with Gasteiger partial charge in [0.05, 0.1) is 35.3 Å². The van der Waals surface area contributed by atoms with Gasteiger partial charge in [0, 0.05) is 17.1 Å². The Bertz CT molecular complexity index is 645. The highest BCUT2D eigenvalue weighted by molar-refractivity contribution is 7.11. The molecule has 1 heterocycles. The predicted octanol–water partition coefficient (Wildman–Crippen LogP) is 3.12. The lowest BCUT2D eigenvalue weighted by Crippen LogP contribution is -2.02. The number of benzene rings is 1. The van der Waals surface area contributed by atoms with Gasteiger partial charge in [0.1, 0.15) is 0 Å². The summed E-state index contributed by atoms with van der Waals surface area (Å²) in [6.07, 6.45) is 1.70. The Morgan fingerprint density at radius 1 is 1.55 bits per heavy atom. The maximum absolute atomic E-state index is 13.8. The zero-order valence-corrected chi connectivity index (χ0v) is 11.7. The molecule has 8 heteroatoms. The van der Waals surface area contributed by atoms with Crippen molar-refractivity contribution in [3.05, 3.63) is 44.1 Å². The van der Waals surface area contributed by atoms with E-state index in [4.69, 9.17) is 4.74 Å². The number of hydrogen-bond acceptors (Lipinski definition) is 6. The molecule has 0 amide bonds. The minimum Gasteiger partial charge on any atom is -0.490 e. The van der Waals surface area contributed by atoms with Crippen LogP contribution >= 0.6 is 11.3 Å². The van der Waals surface area contributed by atoms with Crippen LogP contribution in [0.3, 0.4) is 0 Å². The summed E-state index contributed by atoms with van der Waals surface area (Å²) in [5.74, 6) is -0.682. The second-order valence-electron chi connectivity index (χ2n) is 3.96. The van der Waals surface area contributed by atoms with Gasteiger partial charge in [0.2, 0.25) is 0 Å². The first-order valence-electron chi connectivity index (χ1n) is 5.68. The number of thiazole rings is 1. The lowest BCUT2D eigenvalue weighted by atomic mass is 10.2. The number of rotatable bonds is 5. The van der Waals surface area contributed by atoms with E-state index in [0.717, 1.165) is 16.0 Å². The van der Waals surface area contributed by atoms with Crippen LogP contribution in [0.25, 0.3) is 0 Å². The number of nitrogens with zero attached hydrogens (tertiary/aromatic N) is 2. The molecule has 2 aromatic rings. The molecule has 0 spiro atoms.